The van der Waals surface area contributed by atoms with E-state index in [4.69, 9.17) is 5.73 Å². The summed E-state index contributed by atoms with van der Waals surface area (Å²) in [5, 5.41) is 0. The maximum Gasteiger partial charge on any atom is 0.356 e. The van der Waals surface area contributed by atoms with E-state index in [1.807, 2.05) is 0 Å². The van der Waals surface area contributed by atoms with Crippen LogP contribution in [0.1, 0.15) is 16.2 Å². The standard InChI is InChI=1S/C9H11N3O2/c1-11-5-8-6(10)3-4-7(12-8)9(13)14-2/h3-5H,10H2,1-2H3. The second kappa shape index (κ2) is 4.36. The molecule has 0 unspecified atom stereocenters. The van der Waals surface area contributed by atoms with Crippen molar-refractivity contribution in [3.8, 4) is 0 Å². The number of ether oxygens (including phenoxy) is 1. The number of nitrogens with two attached hydrogens (primary N) is 1. The fourth-order valence-electron chi connectivity index (χ4n) is 0.930. The smallest absolute Gasteiger partial charge is 0.356 e. The van der Waals surface area contributed by atoms with E-state index in [0.29, 0.717) is 11.4 Å². The SMILES string of the molecule is CN=Cc1nc(C(=O)OC)ccc1N. The molecule has 74 valence electrons. The normalized spacial score (nSPS) is 10.4. The molecule has 0 spiro atoms. The zero-order valence-electron chi connectivity index (χ0n) is 8.02. The van der Waals surface area contributed by atoms with E-state index in [1.54, 1.807) is 13.1 Å². The second-order valence-electron chi connectivity index (χ2n) is 2.55. The number of methoxy groups -OCH3 is 1. The van der Waals surface area contributed by atoms with Gasteiger partial charge in [0.15, 0.2) is 0 Å². The average Bonchev–Trinajstić information content (AvgIpc) is 2.20. The molecule has 0 amide bonds. The molecule has 5 nitrogen and oxygen atoms in total. The minimum absolute atomic E-state index is 0.219. The molecule has 1 rings (SSSR count). The van der Waals surface area contributed by atoms with Gasteiger partial charge in [-0.1, -0.05) is 0 Å². The molecule has 5 heteroatoms. The highest BCUT2D eigenvalue weighted by atomic mass is 16.5. The van der Waals surface area contributed by atoms with Crippen molar-refractivity contribution < 1.29 is 9.53 Å². The lowest BCUT2D eigenvalue weighted by Gasteiger charge is -2.01. The van der Waals surface area contributed by atoms with E-state index in [0.717, 1.165) is 0 Å². The summed E-state index contributed by atoms with van der Waals surface area (Å²) in [6, 6.07) is 3.10. The Bertz CT molecular complexity index is 374. The molecule has 0 fully saturated rings. The fraction of sp³-hybridized carbons (Fsp3) is 0.222. The predicted octanol–water partition coefficient (Wildman–Crippen LogP) is 0.499. The maximum absolute atomic E-state index is 11.1. The summed E-state index contributed by atoms with van der Waals surface area (Å²) in [5.41, 5.74) is 6.77. The van der Waals surface area contributed by atoms with Crippen LogP contribution in [0, 0.1) is 0 Å². The number of nitrogens with zero attached hydrogens (tertiary/aromatic N) is 2. The van der Waals surface area contributed by atoms with Gasteiger partial charge in [0.2, 0.25) is 0 Å². The Morgan fingerprint density at radius 3 is 2.93 bits per heavy atom. The largest absolute Gasteiger partial charge is 0.464 e. The quantitative estimate of drug-likeness (QED) is 0.548. The van der Waals surface area contributed by atoms with Gasteiger partial charge in [0.25, 0.3) is 0 Å². The van der Waals surface area contributed by atoms with Gasteiger partial charge < -0.3 is 10.5 Å². The summed E-state index contributed by atoms with van der Waals surface area (Å²) in [7, 11) is 2.90. The number of hydrogen-bond donors (Lipinski definition) is 1. The molecular formula is C9H11N3O2. The summed E-state index contributed by atoms with van der Waals surface area (Å²) in [6.07, 6.45) is 1.49. The van der Waals surface area contributed by atoms with Gasteiger partial charge in [-0.05, 0) is 12.1 Å². The maximum atomic E-state index is 11.1. The van der Waals surface area contributed by atoms with E-state index in [1.165, 1.54) is 19.4 Å². The lowest BCUT2D eigenvalue weighted by atomic mass is 10.2. The monoisotopic (exact) mass is 193 g/mol. The molecule has 1 aromatic rings. The van der Waals surface area contributed by atoms with Crippen molar-refractivity contribution in [2.45, 2.75) is 0 Å². The van der Waals surface area contributed by atoms with Crippen molar-refractivity contribution in [1.29, 1.82) is 0 Å². The number of carbonyl (C=O) groups is 1. The third-order valence-corrected chi connectivity index (χ3v) is 1.60. The highest BCUT2D eigenvalue weighted by molar-refractivity contribution is 5.91. The summed E-state index contributed by atoms with van der Waals surface area (Å²) in [4.78, 5) is 18.9. The number of hydrogen-bond acceptors (Lipinski definition) is 5. The van der Waals surface area contributed by atoms with Crippen molar-refractivity contribution in [3.05, 3.63) is 23.5 Å². The number of rotatable bonds is 2. The van der Waals surface area contributed by atoms with Gasteiger partial charge in [-0.25, -0.2) is 9.78 Å². The Morgan fingerprint density at radius 1 is 1.64 bits per heavy atom. The molecule has 0 aliphatic heterocycles. The molecule has 0 saturated heterocycles. The highest BCUT2D eigenvalue weighted by Gasteiger charge is 2.08. The average molecular weight is 193 g/mol. The Balaban J connectivity index is 3.12. The number of carbonyl (C=O) groups excluding carboxylic acids is 1. The Hall–Kier alpha value is -1.91. The van der Waals surface area contributed by atoms with Crippen LogP contribution in [0.25, 0.3) is 0 Å². The molecule has 0 saturated carbocycles. The van der Waals surface area contributed by atoms with Crippen molar-refractivity contribution in [3.63, 3.8) is 0 Å². The van der Waals surface area contributed by atoms with Crippen molar-refractivity contribution in [2.75, 3.05) is 19.9 Å². The third kappa shape index (κ3) is 2.07. The number of aliphatic imine (C=N–C) groups is 1. The van der Waals surface area contributed by atoms with Gasteiger partial charge in [0.1, 0.15) is 11.4 Å². The third-order valence-electron chi connectivity index (χ3n) is 1.60. The summed E-state index contributed by atoms with van der Waals surface area (Å²) >= 11 is 0. The van der Waals surface area contributed by atoms with Crippen LogP contribution < -0.4 is 5.73 Å². The number of aromatic nitrogens is 1. The molecule has 14 heavy (non-hydrogen) atoms. The van der Waals surface area contributed by atoms with Crippen LogP contribution in [0.4, 0.5) is 5.69 Å². The summed E-state index contributed by atoms with van der Waals surface area (Å²) in [5.74, 6) is -0.490. The molecule has 1 aromatic heterocycles. The van der Waals surface area contributed by atoms with Crippen LogP contribution in [0.2, 0.25) is 0 Å². The van der Waals surface area contributed by atoms with Crippen molar-refractivity contribution >= 4 is 17.9 Å². The van der Waals surface area contributed by atoms with E-state index >= 15 is 0 Å². The number of nitrogen functional groups attached to an aromatic ring is 1. The Morgan fingerprint density at radius 2 is 2.36 bits per heavy atom. The van der Waals surface area contributed by atoms with Crippen LogP contribution in [0.3, 0.4) is 0 Å². The lowest BCUT2D eigenvalue weighted by molar-refractivity contribution is 0.0594. The van der Waals surface area contributed by atoms with Crippen molar-refractivity contribution in [2.24, 2.45) is 4.99 Å². The van der Waals surface area contributed by atoms with E-state index < -0.39 is 5.97 Å². The molecule has 2 N–H and O–H groups in total. The van der Waals surface area contributed by atoms with Crippen LogP contribution >= 0.6 is 0 Å². The fourth-order valence-corrected chi connectivity index (χ4v) is 0.930. The van der Waals surface area contributed by atoms with E-state index in [2.05, 4.69) is 14.7 Å². The number of esters is 1. The molecule has 0 aliphatic rings. The topological polar surface area (TPSA) is 77.6 Å². The Kier molecular flexibility index (Phi) is 3.17. The first-order chi connectivity index (χ1) is 6.69. The first kappa shape index (κ1) is 10.2. The first-order valence-electron chi connectivity index (χ1n) is 3.96. The lowest BCUT2D eigenvalue weighted by Crippen LogP contribution is -2.07. The van der Waals surface area contributed by atoms with Gasteiger partial charge in [-0.2, -0.15) is 0 Å². The highest BCUT2D eigenvalue weighted by Crippen LogP contribution is 2.08. The van der Waals surface area contributed by atoms with Crippen LogP contribution in [0.15, 0.2) is 17.1 Å². The molecule has 0 atom stereocenters. The molecule has 1 heterocycles. The Labute approximate surface area is 81.6 Å². The zero-order chi connectivity index (χ0) is 10.6. The number of pyridine rings is 1. The first-order valence-corrected chi connectivity index (χ1v) is 3.96. The van der Waals surface area contributed by atoms with Crippen molar-refractivity contribution in [1.82, 2.24) is 4.98 Å². The predicted molar refractivity (Wildman–Crippen MR) is 53.5 cm³/mol. The van der Waals surface area contributed by atoms with Gasteiger partial charge in [-0.15, -0.1) is 0 Å². The molecular weight excluding hydrogens is 182 g/mol. The van der Waals surface area contributed by atoms with Gasteiger partial charge in [0, 0.05) is 13.3 Å². The van der Waals surface area contributed by atoms with Crippen LogP contribution in [-0.4, -0.2) is 31.3 Å². The van der Waals surface area contributed by atoms with Crippen LogP contribution in [-0.2, 0) is 4.74 Å². The summed E-state index contributed by atoms with van der Waals surface area (Å²) in [6.45, 7) is 0. The number of anilines is 1. The van der Waals surface area contributed by atoms with E-state index in [-0.39, 0.29) is 5.69 Å². The second-order valence-corrected chi connectivity index (χ2v) is 2.55. The summed E-state index contributed by atoms with van der Waals surface area (Å²) < 4.78 is 4.52. The molecule has 0 aromatic carbocycles. The van der Waals surface area contributed by atoms with E-state index in [9.17, 15) is 4.79 Å². The van der Waals surface area contributed by atoms with Gasteiger partial charge in [-0.3, -0.25) is 4.99 Å². The minimum Gasteiger partial charge on any atom is -0.464 e. The van der Waals surface area contributed by atoms with Gasteiger partial charge in [0.05, 0.1) is 12.8 Å². The molecule has 0 radical (unpaired) electrons. The zero-order valence-corrected chi connectivity index (χ0v) is 8.02. The minimum atomic E-state index is -0.490. The van der Waals surface area contributed by atoms with Crippen LogP contribution in [0.5, 0.6) is 0 Å². The van der Waals surface area contributed by atoms with Gasteiger partial charge >= 0.3 is 5.97 Å². The molecule has 0 bridgehead atoms. The molecule has 0 aliphatic carbocycles.